The molecule has 0 aromatic carbocycles. The van der Waals surface area contributed by atoms with Crippen LogP contribution in [0.5, 0.6) is 0 Å². The maximum absolute atomic E-state index is 4.56. The van der Waals surface area contributed by atoms with Crippen molar-refractivity contribution < 1.29 is 0 Å². The third kappa shape index (κ3) is 26.9. The lowest BCUT2D eigenvalue weighted by atomic mass is 9.83. The van der Waals surface area contributed by atoms with Gasteiger partial charge in [-0.25, -0.2) is 0 Å². The summed E-state index contributed by atoms with van der Waals surface area (Å²) in [7, 11) is 2.06. The van der Waals surface area contributed by atoms with Crippen molar-refractivity contribution >= 4 is 0 Å². The second kappa shape index (κ2) is 31.4. The summed E-state index contributed by atoms with van der Waals surface area (Å²) in [6.07, 6.45) is 43.8. The third-order valence-corrected chi connectivity index (χ3v) is 8.03. The van der Waals surface area contributed by atoms with Crippen LogP contribution in [0.1, 0.15) is 175 Å². The molecule has 0 saturated heterocycles. The minimum absolute atomic E-state index is 0.677. The number of rotatable bonds is 30. The van der Waals surface area contributed by atoms with Crippen LogP contribution in [0, 0.1) is 5.92 Å². The molecule has 0 heterocycles. The van der Waals surface area contributed by atoms with Gasteiger partial charge in [-0.2, -0.15) is 0 Å². The van der Waals surface area contributed by atoms with Crippen LogP contribution in [0.15, 0.2) is 48.1 Å². The van der Waals surface area contributed by atoms with Crippen molar-refractivity contribution in [3.8, 4) is 0 Å². The summed E-state index contributed by atoms with van der Waals surface area (Å²) in [5, 5.41) is 3.29. The second-order valence-corrected chi connectivity index (χ2v) is 12.0. The molecule has 0 aromatic heterocycles. The van der Waals surface area contributed by atoms with Gasteiger partial charge in [0.15, 0.2) is 0 Å². The Morgan fingerprint density at radius 2 is 1.13 bits per heavy atom. The van der Waals surface area contributed by atoms with Crippen LogP contribution < -0.4 is 5.32 Å². The zero-order valence-electron chi connectivity index (χ0n) is 27.3. The van der Waals surface area contributed by atoms with Gasteiger partial charge in [0.25, 0.3) is 0 Å². The van der Waals surface area contributed by atoms with Gasteiger partial charge in [0.05, 0.1) is 0 Å². The number of unbranched alkanes of at least 4 members (excludes halogenated alkanes) is 14. The molecule has 0 aliphatic heterocycles. The van der Waals surface area contributed by atoms with Gasteiger partial charge in [-0.3, -0.25) is 0 Å². The zero-order chi connectivity index (χ0) is 28.7. The first-order valence-electron chi connectivity index (χ1n) is 17.5. The molecular weight excluding hydrogens is 470 g/mol. The Bertz CT molecular complexity index is 596. The molecule has 1 atom stereocenters. The van der Waals surface area contributed by atoms with Gasteiger partial charge in [-0.15, -0.1) is 0 Å². The topological polar surface area (TPSA) is 12.0 Å². The molecule has 1 unspecified atom stereocenters. The van der Waals surface area contributed by atoms with E-state index in [9.17, 15) is 0 Å². The highest BCUT2D eigenvalue weighted by atomic mass is 14.8. The lowest BCUT2D eigenvalue weighted by Gasteiger charge is -2.22. The molecule has 0 saturated carbocycles. The molecule has 0 spiro atoms. The Balaban J connectivity index is 5.15. The van der Waals surface area contributed by atoms with Crippen molar-refractivity contribution in [2.24, 2.45) is 5.92 Å². The highest BCUT2D eigenvalue weighted by Gasteiger charge is 2.15. The summed E-state index contributed by atoms with van der Waals surface area (Å²) >= 11 is 0. The molecule has 0 aromatic rings. The van der Waals surface area contributed by atoms with Crippen molar-refractivity contribution in [3.63, 3.8) is 0 Å². The Hall–Kier alpha value is -1.08. The van der Waals surface area contributed by atoms with E-state index in [1.165, 1.54) is 160 Å². The minimum atomic E-state index is 0.677. The maximum Gasteiger partial charge on any atom is -0.00518 e. The van der Waals surface area contributed by atoms with E-state index < -0.39 is 0 Å². The van der Waals surface area contributed by atoms with Crippen LogP contribution in [0.2, 0.25) is 0 Å². The summed E-state index contributed by atoms with van der Waals surface area (Å²) in [5.74, 6) is 0.677. The number of hydrogen-bond donors (Lipinski definition) is 1. The SMILES string of the molecule is C=C(CCCCNC)CC(CC/C=C/CCCCC)/C(=C/CCCCCCCC)CCC/C=C\CCCCC. The predicted molar refractivity (Wildman–Crippen MR) is 181 cm³/mol. The fraction of sp³-hybridized carbons (Fsp3) is 0.789. The molecule has 0 amide bonds. The molecule has 0 fully saturated rings. The lowest BCUT2D eigenvalue weighted by Crippen LogP contribution is -2.08. The first kappa shape index (κ1) is 37.9. The summed E-state index contributed by atoms with van der Waals surface area (Å²) in [6.45, 7) is 12.6. The van der Waals surface area contributed by atoms with Gasteiger partial charge in [0, 0.05) is 0 Å². The molecule has 39 heavy (non-hydrogen) atoms. The first-order chi connectivity index (χ1) is 19.2. The van der Waals surface area contributed by atoms with Crippen molar-refractivity contribution in [2.45, 2.75) is 175 Å². The van der Waals surface area contributed by atoms with Crippen molar-refractivity contribution in [2.75, 3.05) is 13.6 Å². The van der Waals surface area contributed by atoms with Crippen molar-refractivity contribution in [1.82, 2.24) is 5.32 Å². The average molecular weight is 542 g/mol. The van der Waals surface area contributed by atoms with Crippen molar-refractivity contribution in [3.05, 3.63) is 48.1 Å². The van der Waals surface area contributed by atoms with E-state index in [0.717, 1.165) is 6.54 Å². The second-order valence-electron chi connectivity index (χ2n) is 12.0. The van der Waals surface area contributed by atoms with Gasteiger partial charge in [0.1, 0.15) is 0 Å². The summed E-state index contributed by atoms with van der Waals surface area (Å²) in [6, 6.07) is 0. The van der Waals surface area contributed by atoms with E-state index in [-0.39, 0.29) is 0 Å². The molecule has 0 rings (SSSR count). The molecule has 0 bridgehead atoms. The van der Waals surface area contributed by atoms with Gasteiger partial charge in [-0.1, -0.05) is 127 Å². The minimum Gasteiger partial charge on any atom is -0.320 e. The van der Waals surface area contributed by atoms with Crippen LogP contribution in [0.3, 0.4) is 0 Å². The molecule has 0 aliphatic rings. The Morgan fingerprint density at radius 3 is 1.77 bits per heavy atom. The van der Waals surface area contributed by atoms with Crippen LogP contribution in [0.25, 0.3) is 0 Å². The number of hydrogen-bond acceptors (Lipinski definition) is 1. The van der Waals surface area contributed by atoms with Crippen LogP contribution in [-0.2, 0) is 0 Å². The van der Waals surface area contributed by atoms with Gasteiger partial charge >= 0.3 is 0 Å². The monoisotopic (exact) mass is 542 g/mol. The van der Waals surface area contributed by atoms with Crippen LogP contribution >= 0.6 is 0 Å². The molecule has 0 radical (unpaired) electrons. The lowest BCUT2D eigenvalue weighted by molar-refractivity contribution is 0.518. The largest absolute Gasteiger partial charge is 0.320 e. The first-order valence-corrected chi connectivity index (χ1v) is 17.5. The zero-order valence-corrected chi connectivity index (χ0v) is 27.3. The van der Waals surface area contributed by atoms with Gasteiger partial charge < -0.3 is 5.32 Å². The normalized spacial score (nSPS) is 13.2. The van der Waals surface area contributed by atoms with Crippen molar-refractivity contribution in [1.29, 1.82) is 0 Å². The van der Waals surface area contributed by atoms with E-state index >= 15 is 0 Å². The summed E-state index contributed by atoms with van der Waals surface area (Å²) in [4.78, 5) is 0. The summed E-state index contributed by atoms with van der Waals surface area (Å²) in [5.41, 5.74) is 3.23. The van der Waals surface area contributed by atoms with Gasteiger partial charge in [0.2, 0.25) is 0 Å². The van der Waals surface area contributed by atoms with E-state index in [1.807, 2.05) is 0 Å². The Labute approximate surface area is 247 Å². The standard InChI is InChI=1S/C38H71N/c1-6-9-12-15-18-21-23-26-32-37(31-25-22-19-16-13-10-7-2)38(33-27-24-20-17-14-11-8-3)35-36(4)30-28-29-34-39-5/h18,20-21,24,31,38-39H,4,6-17,19,22-23,25-30,32-35H2,1-3,5H3/b21-18-,24-20+,37-31+. The molecule has 0 aliphatic carbocycles. The Kier molecular flexibility index (Phi) is 30.6. The number of nitrogens with one attached hydrogen (secondary N) is 1. The van der Waals surface area contributed by atoms with Gasteiger partial charge in [-0.05, 0) is 116 Å². The Morgan fingerprint density at radius 1 is 0.590 bits per heavy atom. The molecule has 228 valence electrons. The fourth-order valence-corrected chi connectivity index (χ4v) is 5.45. The molecule has 1 heteroatoms. The highest BCUT2D eigenvalue weighted by Crippen LogP contribution is 2.31. The molecule has 1 N–H and O–H groups in total. The fourth-order valence-electron chi connectivity index (χ4n) is 5.45. The smallest absolute Gasteiger partial charge is 0.00518 e. The predicted octanol–water partition coefficient (Wildman–Crippen LogP) is 12.8. The molecule has 1 nitrogen and oxygen atoms in total. The third-order valence-electron chi connectivity index (χ3n) is 8.03. The van der Waals surface area contributed by atoms with E-state index in [4.69, 9.17) is 0 Å². The van der Waals surface area contributed by atoms with E-state index in [2.05, 4.69) is 70.1 Å². The van der Waals surface area contributed by atoms with Crippen LogP contribution in [-0.4, -0.2) is 13.6 Å². The van der Waals surface area contributed by atoms with E-state index in [0.29, 0.717) is 5.92 Å². The van der Waals surface area contributed by atoms with Crippen LogP contribution in [0.4, 0.5) is 0 Å². The van der Waals surface area contributed by atoms with E-state index in [1.54, 1.807) is 5.57 Å². The average Bonchev–Trinajstić information content (AvgIpc) is 2.94. The highest BCUT2D eigenvalue weighted by molar-refractivity contribution is 5.12. The quantitative estimate of drug-likeness (QED) is 0.0704. The maximum atomic E-state index is 4.56. The molecular formula is C38H71N. The number of allylic oxidation sites excluding steroid dienone is 7. The summed E-state index contributed by atoms with van der Waals surface area (Å²) < 4.78 is 0.